The lowest BCUT2D eigenvalue weighted by Gasteiger charge is -2.15. The van der Waals surface area contributed by atoms with Gasteiger partial charge in [-0.05, 0) is 50.3 Å². The molecule has 1 saturated carbocycles. The highest BCUT2D eigenvalue weighted by Crippen LogP contribution is 2.32. The van der Waals surface area contributed by atoms with E-state index >= 15 is 0 Å². The molecule has 2 aliphatic rings. The fourth-order valence-corrected chi connectivity index (χ4v) is 4.20. The van der Waals surface area contributed by atoms with Gasteiger partial charge in [-0.1, -0.05) is 12.1 Å². The highest BCUT2D eigenvalue weighted by Gasteiger charge is 2.39. The molecule has 26 heavy (non-hydrogen) atoms. The van der Waals surface area contributed by atoms with Crippen LogP contribution in [-0.2, 0) is 16.0 Å². The van der Waals surface area contributed by atoms with Gasteiger partial charge in [-0.25, -0.2) is 0 Å². The number of fused-ring (bicyclic) bond motifs is 1. The molecule has 138 valence electrons. The van der Waals surface area contributed by atoms with Crippen molar-refractivity contribution in [3.05, 3.63) is 34.5 Å². The first-order chi connectivity index (χ1) is 12.4. The number of likely N-dealkylation sites (tertiary alicyclic amines) is 1. The van der Waals surface area contributed by atoms with Crippen molar-refractivity contribution < 1.29 is 9.59 Å². The lowest BCUT2D eigenvalue weighted by molar-refractivity contribution is -0.128. The predicted octanol–water partition coefficient (Wildman–Crippen LogP) is 2.76. The molecule has 4 rings (SSSR count). The van der Waals surface area contributed by atoms with Gasteiger partial charge in [0.25, 0.3) is 0 Å². The summed E-state index contributed by atoms with van der Waals surface area (Å²) in [7, 11) is 0. The van der Waals surface area contributed by atoms with Gasteiger partial charge in [0.15, 0.2) is 0 Å². The third-order valence-corrected chi connectivity index (χ3v) is 5.84. The fourth-order valence-electron chi connectivity index (χ4n) is 4.20. The normalized spacial score (nSPS) is 20.2. The number of hydrogen-bond donors (Lipinski definition) is 2. The largest absolute Gasteiger partial charge is 0.358 e. The number of hydrogen-bond acceptors (Lipinski definition) is 2. The quantitative estimate of drug-likeness (QED) is 0.868. The van der Waals surface area contributed by atoms with E-state index in [1.165, 1.54) is 16.5 Å². The standard InChI is InChI=1S/C21H27N3O2/c1-12-4-5-13(2)21-20(12)17(14(3)23-21)9-18(25)22-10-15-8-19(26)24(11-15)16-6-7-16/h4-5,15-16,23H,6-11H2,1-3H3,(H,22,25)/t15-/m0/s1. The molecule has 0 spiro atoms. The number of aryl methyl sites for hydroxylation is 3. The second-order valence-electron chi connectivity index (χ2n) is 8.01. The third-order valence-electron chi connectivity index (χ3n) is 5.84. The second-order valence-corrected chi connectivity index (χ2v) is 8.01. The van der Waals surface area contributed by atoms with E-state index in [0.717, 1.165) is 36.2 Å². The lowest BCUT2D eigenvalue weighted by atomic mass is 10.0. The van der Waals surface area contributed by atoms with Crippen LogP contribution in [0.15, 0.2) is 12.1 Å². The van der Waals surface area contributed by atoms with Crippen molar-refractivity contribution in [2.75, 3.05) is 13.1 Å². The summed E-state index contributed by atoms with van der Waals surface area (Å²) in [5.74, 6) is 0.539. The first-order valence-corrected chi connectivity index (χ1v) is 9.57. The van der Waals surface area contributed by atoms with Crippen LogP contribution in [0.5, 0.6) is 0 Å². The van der Waals surface area contributed by atoms with E-state index in [9.17, 15) is 9.59 Å². The molecule has 1 saturated heterocycles. The van der Waals surface area contributed by atoms with Gasteiger partial charge in [-0.15, -0.1) is 0 Å². The van der Waals surface area contributed by atoms with E-state index in [1.807, 2.05) is 11.8 Å². The Kier molecular flexibility index (Phi) is 4.25. The van der Waals surface area contributed by atoms with Crippen LogP contribution in [0.25, 0.3) is 10.9 Å². The van der Waals surface area contributed by atoms with Gasteiger partial charge in [-0.2, -0.15) is 0 Å². The summed E-state index contributed by atoms with van der Waals surface area (Å²) in [6.45, 7) is 7.60. The Morgan fingerprint density at radius 2 is 1.96 bits per heavy atom. The summed E-state index contributed by atoms with van der Waals surface area (Å²) < 4.78 is 0. The molecule has 0 radical (unpaired) electrons. The van der Waals surface area contributed by atoms with E-state index in [4.69, 9.17) is 0 Å². The highest BCUT2D eigenvalue weighted by molar-refractivity contribution is 5.93. The molecule has 5 nitrogen and oxygen atoms in total. The van der Waals surface area contributed by atoms with Crippen LogP contribution in [0.1, 0.15) is 41.6 Å². The number of carbonyl (C=O) groups excluding carboxylic acids is 2. The Morgan fingerprint density at radius 3 is 2.69 bits per heavy atom. The van der Waals surface area contributed by atoms with E-state index < -0.39 is 0 Å². The van der Waals surface area contributed by atoms with Crippen molar-refractivity contribution in [3.63, 3.8) is 0 Å². The van der Waals surface area contributed by atoms with Crippen molar-refractivity contribution in [1.29, 1.82) is 0 Å². The number of benzene rings is 1. The van der Waals surface area contributed by atoms with Crippen LogP contribution < -0.4 is 5.32 Å². The monoisotopic (exact) mass is 353 g/mol. The van der Waals surface area contributed by atoms with Crippen LogP contribution in [0.3, 0.4) is 0 Å². The SMILES string of the molecule is Cc1[nH]c2c(C)ccc(C)c2c1CC(=O)NC[C@@H]1CC(=O)N(C2CC2)C1. The zero-order valence-corrected chi connectivity index (χ0v) is 15.8. The number of H-pyrrole nitrogens is 1. The van der Waals surface area contributed by atoms with Crippen molar-refractivity contribution in [2.24, 2.45) is 5.92 Å². The topological polar surface area (TPSA) is 65.2 Å². The van der Waals surface area contributed by atoms with Crippen molar-refractivity contribution in [3.8, 4) is 0 Å². The molecule has 0 unspecified atom stereocenters. The number of carbonyl (C=O) groups is 2. The van der Waals surface area contributed by atoms with E-state index in [-0.39, 0.29) is 17.7 Å². The smallest absolute Gasteiger partial charge is 0.224 e. The Labute approximate surface area is 154 Å². The predicted molar refractivity (Wildman–Crippen MR) is 102 cm³/mol. The lowest BCUT2D eigenvalue weighted by Crippen LogP contribution is -2.32. The molecule has 2 amide bonds. The van der Waals surface area contributed by atoms with Gasteiger partial charge in [-0.3, -0.25) is 9.59 Å². The molecule has 1 aromatic heterocycles. The van der Waals surface area contributed by atoms with Gasteiger partial charge in [0, 0.05) is 48.1 Å². The number of nitrogens with zero attached hydrogens (tertiary/aromatic N) is 1. The molecule has 5 heteroatoms. The zero-order valence-electron chi connectivity index (χ0n) is 15.8. The Hall–Kier alpha value is -2.30. The van der Waals surface area contributed by atoms with Crippen LogP contribution in [0.4, 0.5) is 0 Å². The highest BCUT2D eigenvalue weighted by atomic mass is 16.2. The third kappa shape index (κ3) is 3.11. The average molecular weight is 353 g/mol. The molecule has 1 aliphatic carbocycles. The number of rotatable bonds is 5. The van der Waals surface area contributed by atoms with Crippen LogP contribution in [0, 0.1) is 26.7 Å². The Morgan fingerprint density at radius 1 is 1.23 bits per heavy atom. The zero-order chi connectivity index (χ0) is 18.4. The van der Waals surface area contributed by atoms with Gasteiger partial charge in [0.05, 0.1) is 6.42 Å². The summed E-state index contributed by atoms with van der Waals surface area (Å²) in [5, 5.41) is 4.23. The minimum atomic E-state index is 0.0345. The van der Waals surface area contributed by atoms with Crippen molar-refractivity contribution in [1.82, 2.24) is 15.2 Å². The summed E-state index contributed by atoms with van der Waals surface area (Å²) >= 11 is 0. The summed E-state index contributed by atoms with van der Waals surface area (Å²) in [6, 6.07) is 4.70. The molecule has 1 aliphatic heterocycles. The molecular weight excluding hydrogens is 326 g/mol. The van der Waals surface area contributed by atoms with Gasteiger partial charge >= 0.3 is 0 Å². The molecule has 2 N–H and O–H groups in total. The van der Waals surface area contributed by atoms with Crippen molar-refractivity contribution in [2.45, 2.75) is 52.5 Å². The molecule has 0 bridgehead atoms. The maximum atomic E-state index is 12.5. The molecule has 1 atom stereocenters. The molecule has 2 fully saturated rings. The summed E-state index contributed by atoms with van der Waals surface area (Å²) in [6.07, 6.45) is 3.23. The Balaban J connectivity index is 1.41. The van der Waals surface area contributed by atoms with Crippen molar-refractivity contribution >= 4 is 22.7 Å². The van der Waals surface area contributed by atoms with Gasteiger partial charge in [0.2, 0.25) is 11.8 Å². The number of aromatic amines is 1. The molecule has 2 heterocycles. The fraction of sp³-hybridized carbons (Fsp3) is 0.524. The minimum Gasteiger partial charge on any atom is -0.358 e. The Bertz CT molecular complexity index is 879. The van der Waals surface area contributed by atoms with Gasteiger partial charge in [0.1, 0.15) is 0 Å². The van der Waals surface area contributed by atoms with Crippen LogP contribution >= 0.6 is 0 Å². The molecule has 2 aromatic rings. The van der Waals surface area contributed by atoms with Gasteiger partial charge < -0.3 is 15.2 Å². The summed E-state index contributed by atoms with van der Waals surface area (Å²) in [5.41, 5.74) is 5.67. The first kappa shape index (κ1) is 17.1. The number of aromatic nitrogens is 1. The van der Waals surface area contributed by atoms with E-state index in [1.54, 1.807) is 0 Å². The van der Waals surface area contributed by atoms with Crippen LogP contribution in [-0.4, -0.2) is 40.8 Å². The maximum absolute atomic E-state index is 12.5. The molecule has 1 aromatic carbocycles. The minimum absolute atomic E-state index is 0.0345. The number of amides is 2. The summed E-state index contributed by atoms with van der Waals surface area (Å²) in [4.78, 5) is 30.0. The van der Waals surface area contributed by atoms with E-state index in [2.05, 4.69) is 36.3 Å². The second kappa shape index (κ2) is 6.45. The molecular formula is C21H27N3O2. The van der Waals surface area contributed by atoms with Crippen LogP contribution in [0.2, 0.25) is 0 Å². The average Bonchev–Trinajstić information content (AvgIpc) is 3.30. The van der Waals surface area contributed by atoms with E-state index in [0.29, 0.717) is 25.4 Å². The first-order valence-electron chi connectivity index (χ1n) is 9.57. The maximum Gasteiger partial charge on any atom is 0.224 e. The number of nitrogens with one attached hydrogen (secondary N) is 2.